The van der Waals surface area contributed by atoms with Crippen LogP contribution < -0.4 is 5.73 Å². The second-order valence-electron chi connectivity index (χ2n) is 1.75. The highest BCUT2D eigenvalue weighted by atomic mass is 17.0. The second kappa shape index (κ2) is 5.45. The number of rotatable bonds is 6. The van der Waals surface area contributed by atoms with Crippen molar-refractivity contribution in [3.63, 3.8) is 0 Å². The molecule has 0 bridgehead atoms. The Morgan fingerprint density at radius 1 is 1.09 bits per heavy atom. The molecule has 5 nitrogen and oxygen atoms in total. The third-order valence-corrected chi connectivity index (χ3v) is 1.15. The van der Waals surface area contributed by atoms with Crippen molar-refractivity contribution >= 4 is 0 Å². The van der Waals surface area contributed by atoms with Crippen LogP contribution in [0, 0.1) is 0 Å². The third kappa shape index (κ3) is 3.13. The van der Waals surface area contributed by atoms with Crippen molar-refractivity contribution in [3.05, 3.63) is 0 Å². The molecule has 0 aliphatic heterocycles. The van der Waals surface area contributed by atoms with Gasteiger partial charge < -0.3 is 24.7 Å². The molecule has 0 fully saturated rings. The number of hydrogen-bond donors (Lipinski definition) is 1. The lowest BCUT2D eigenvalue weighted by molar-refractivity contribution is -0.478. The molecule has 0 saturated carbocycles. The van der Waals surface area contributed by atoms with E-state index in [1.807, 2.05) is 0 Å². The average Bonchev–Trinajstić information content (AvgIpc) is 2.08. The highest BCUT2D eigenvalue weighted by Crippen LogP contribution is 2.12. The van der Waals surface area contributed by atoms with Gasteiger partial charge in [0.25, 0.3) is 0 Å². The van der Waals surface area contributed by atoms with E-state index in [4.69, 9.17) is 24.7 Å². The first-order chi connectivity index (χ1) is 5.24. The Bertz CT molecular complexity index is 86.3. The maximum absolute atomic E-state index is 5.21. The molecule has 0 atom stereocenters. The van der Waals surface area contributed by atoms with Gasteiger partial charge in [0.2, 0.25) is 0 Å². The molecule has 0 heterocycles. The molecule has 68 valence electrons. The van der Waals surface area contributed by atoms with Crippen molar-refractivity contribution in [1.29, 1.82) is 0 Å². The van der Waals surface area contributed by atoms with E-state index in [1.54, 1.807) is 0 Å². The summed E-state index contributed by atoms with van der Waals surface area (Å²) >= 11 is 0. The molecule has 0 rings (SSSR count). The number of ether oxygens (including phenoxy) is 4. The summed E-state index contributed by atoms with van der Waals surface area (Å²) in [4.78, 5) is 0. The van der Waals surface area contributed by atoms with E-state index >= 15 is 0 Å². The van der Waals surface area contributed by atoms with E-state index in [1.165, 1.54) is 21.3 Å². The van der Waals surface area contributed by atoms with Crippen molar-refractivity contribution in [1.82, 2.24) is 0 Å². The topological polar surface area (TPSA) is 62.9 Å². The lowest BCUT2D eigenvalue weighted by Crippen LogP contribution is -2.40. The average molecular weight is 165 g/mol. The van der Waals surface area contributed by atoms with Gasteiger partial charge in [-0.1, -0.05) is 0 Å². The number of hydrogen-bond acceptors (Lipinski definition) is 5. The zero-order valence-corrected chi connectivity index (χ0v) is 7.12. The molecule has 0 aromatic rings. The predicted octanol–water partition coefficient (Wildman–Crippen LogP) is -0.488. The minimum absolute atomic E-state index is 0.315. The predicted molar refractivity (Wildman–Crippen MR) is 38.8 cm³/mol. The fourth-order valence-corrected chi connectivity index (χ4v) is 0.611. The Balaban J connectivity index is 3.84. The fraction of sp³-hybridized carbons (Fsp3) is 1.00. The van der Waals surface area contributed by atoms with Crippen LogP contribution in [0.4, 0.5) is 0 Å². The van der Waals surface area contributed by atoms with Gasteiger partial charge >= 0.3 is 6.16 Å². The molecule has 0 spiro atoms. The molecule has 5 heteroatoms. The summed E-state index contributed by atoms with van der Waals surface area (Å²) < 4.78 is 19.5. The first-order valence-electron chi connectivity index (χ1n) is 3.24. The third-order valence-electron chi connectivity index (χ3n) is 1.15. The van der Waals surface area contributed by atoms with Crippen molar-refractivity contribution in [2.45, 2.75) is 6.16 Å². The molecule has 0 aliphatic carbocycles. The first kappa shape index (κ1) is 10.8. The zero-order chi connectivity index (χ0) is 8.74. The van der Waals surface area contributed by atoms with Gasteiger partial charge in [0.05, 0.1) is 6.61 Å². The maximum atomic E-state index is 5.21. The molecule has 0 aromatic heterocycles. The van der Waals surface area contributed by atoms with Gasteiger partial charge in [-0.25, -0.2) is 0 Å². The largest absolute Gasteiger partial charge is 0.411 e. The lowest BCUT2D eigenvalue weighted by atomic mass is 10.7. The standard InChI is InChI=1S/C6H15NO4/c1-8-6(9-2,10-3)11-5-4-7/h4-5,7H2,1-3H3. The summed E-state index contributed by atoms with van der Waals surface area (Å²) in [7, 11) is 4.26. The summed E-state index contributed by atoms with van der Waals surface area (Å²) in [6.07, 6.45) is -1.40. The molecule has 0 saturated heterocycles. The Hall–Kier alpha value is -0.200. The van der Waals surface area contributed by atoms with Crippen LogP contribution >= 0.6 is 0 Å². The van der Waals surface area contributed by atoms with Crippen molar-refractivity contribution < 1.29 is 18.9 Å². The molecule has 0 aliphatic rings. The Labute approximate surface area is 66.4 Å². The van der Waals surface area contributed by atoms with Gasteiger partial charge in [-0.05, 0) is 0 Å². The van der Waals surface area contributed by atoms with E-state index in [0.29, 0.717) is 13.2 Å². The van der Waals surface area contributed by atoms with Gasteiger partial charge in [0.1, 0.15) is 0 Å². The highest BCUT2D eigenvalue weighted by molar-refractivity contribution is 4.38. The van der Waals surface area contributed by atoms with Crippen LogP contribution in [0.1, 0.15) is 0 Å². The normalized spacial score (nSPS) is 12.0. The molecule has 2 N–H and O–H groups in total. The zero-order valence-electron chi connectivity index (χ0n) is 7.12. The van der Waals surface area contributed by atoms with E-state index in [9.17, 15) is 0 Å². The highest BCUT2D eigenvalue weighted by Gasteiger charge is 2.30. The van der Waals surface area contributed by atoms with Crippen LogP contribution in [0.2, 0.25) is 0 Å². The van der Waals surface area contributed by atoms with E-state index in [2.05, 4.69) is 0 Å². The summed E-state index contributed by atoms with van der Waals surface area (Å²) in [5.41, 5.74) is 5.21. The minimum Gasteiger partial charge on any atom is -0.328 e. The summed E-state index contributed by atoms with van der Waals surface area (Å²) in [5.74, 6) is 0. The van der Waals surface area contributed by atoms with Crippen LogP contribution in [0.15, 0.2) is 0 Å². The molecule has 11 heavy (non-hydrogen) atoms. The smallest absolute Gasteiger partial charge is 0.328 e. The summed E-state index contributed by atoms with van der Waals surface area (Å²) in [6, 6.07) is 0. The Kier molecular flexibility index (Phi) is 5.35. The van der Waals surface area contributed by atoms with Crippen LogP contribution in [-0.2, 0) is 18.9 Å². The summed E-state index contributed by atoms with van der Waals surface area (Å²) in [6.45, 7) is 0.702. The van der Waals surface area contributed by atoms with Gasteiger partial charge in [0.15, 0.2) is 0 Å². The van der Waals surface area contributed by atoms with Crippen molar-refractivity contribution in [3.8, 4) is 0 Å². The molecule has 0 aromatic carbocycles. The number of methoxy groups -OCH3 is 3. The minimum atomic E-state index is -1.40. The molecule has 0 unspecified atom stereocenters. The van der Waals surface area contributed by atoms with Crippen LogP contribution in [-0.4, -0.2) is 40.6 Å². The van der Waals surface area contributed by atoms with E-state index < -0.39 is 6.16 Å². The first-order valence-corrected chi connectivity index (χ1v) is 3.24. The van der Waals surface area contributed by atoms with Gasteiger partial charge in [-0.3, -0.25) is 0 Å². The lowest BCUT2D eigenvalue weighted by Gasteiger charge is -2.27. The molecule has 0 radical (unpaired) electrons. The molecular weight excluding hydrogens is 150 g/mol. The quantitative estimate of drug-likeness (QED) is 0.538. The Morgan fingerprint density at radius 2 is 1.55 bits per heavy atom. The van der Waals surface area contributed by atoms with Gasteiger partial charge in [-0.2, -0.15) is 0 Å². The fourth-order valence-electron chi connectivity index (χ4n) is 0.611. The maximum Gasteiger partial charge on any atom is 0.411 e. The SMILES string of the molecule is COC(OC)(OC)OCCN. The van der Waals surface area contributed by atoms with Crippen LogP contribution in [0.5, 0.6) is 0 Å². The van der Waals surface area contributed by atoms with Gasteiger partial charge in [0, 0.05) is 27.9 Å². The van der Waals surface area contributed by atoms with Crippen molar-refractivity contribution in [2.24, 2.45) is 5.73 Å². The van der Waals surface area contributed by atoms with Crippen LogP contribution in [0.3, 0.4) is 0 Å². The van der Waals surface area contributed by atoms with Crippen molar-refractivity contribution in [2.75, 3.05) is 34.5 Å². The molecule has 0 amide bonds. The second-order valence-corrected chi connectivity index (χ2v) is 1.75. The van der Waals surface area contributed by atoms with E-state index in [0.717, 1.165) is 0 Å². The number of nitrogens with two attached hydrogens (primary N) is 1. The monoisotopic (exact) mass is 165 g/mol. The van der Waals surface area contributed by atoms with E-state index in [-0.39, 0.29) is 0 Å². The summed E-state index contributed by atoms with van der Waals surface area (Å²) in [5, 5.41) is 0. The Morgan fingerprint density at radius 3 is 1.82 bits per heavy atom. The van der Waals surface area contributed by atoms with Gasteiger partial charge in [-0.15, -0.1) is 0 Å². The molecular formula is C6H15NO4. The van der Waals surface area contributed by atoms with Crippen LogP contribution in [0.25, 0.3) is 0 Å².